The molecule has 22 heavy (non-hydrogen) atoms. The fourth-order valence-electron chi connectivity index (χ4n) is 2.95. The summed E-state index contributed by atoms with van der Waals surface area (Å²) in [6.45, 7) is -0.0495. The van der Waals surface area contributed by atoms with Gasteiger partial charge in [0, 0.05) is 24.4 Å². The summed E-state index contributed by atoms with van der Waals surface area (Å²) in [6, 6.07) is 7.31. The van der Waals surface area contributed by atoms with Crippen molar-refractivity contribution in [2.24, 2.45) is 0 Å². The van der Waals surface area contributed by atoms with Gasteiger partial charge in [-0.05, 0) is 24.6 Å². The van der Waals surface area contributed by atoms with Gasteiger partial charge in [0.05, 0.1) is 23.9 Å². The summed E-state index contributed by atoms with van der Waals surface area (Å²) < 4.78 is 1.58. The van der Waals surface area contributed by atoms with E-state index in [9.17, 15) is 9.90 Å². The van der Waals surface area contributed by atoms with Gasteiger partial charge in [0.25, 0.3) is 5.56 Å². The maximum Gasteiger partial charge on any atom is 0.280 e. The highest BCUT2D eigenvalue weighted by Crippen LogP contribution is 2.24. The Kier molecular flexibility index (Phi) is 2.97. The van der Waals surface area contributed by atoms with E-state index >= 15 is 0 Å². The number of pyridine rings is 2. The highest BCUT2D eigenvalue weighted by molar-refractivity contribution is 5.78. The van der Waals surface area contributed by atoms with Gasteiger partial charge < -0.3 is 5.11 Å². The van der Waals surface area contributed by atoms with Crippen LogP contribution in [-0.4, -0.2) is 31.2 Å². The largest absolute Gasteiger partial charge is 0.394 e. The van der Waals surface area contributed by atoms with E-state index < -0.39 is 0 Å². The molecule has 6 heteroatoms. The smallest absolute Gasteiger partial charge is 0.280 e. The summed E-state index contributed by atoms with van der Waals surface area (Å²) in [5, 5.41) is 9.39. The third-order valence-electron chi connectivity index (χ3n) is 4.05. The molecule has 0 amide bonds. The number of aryl methyl sites for hydroxylation is 1. The number of hydrogen-bond donors (Lipinski definition) is 1. The third kappa shape index (κ3) is 1.92. The monoisotopic (exact) mass is 294 g/mol. The van der Waals surface area contributed by atoms with E-state index in [1.165, 1.54) is 0 Å². The zero-order chi connectivity index (χ0) is 15.1. The first kappa shape index (κ1) is 13.1. The molecule has 110 valence electrons. The Morgan fingerprint density at radius 3 is 3.00 bits per heavy atom. The van der Waals surface area contributed by atoms with Gasteiger partial charge in [0.1, 0.15) is 5.82 Å². The van der Waals surface area contributed by atoms with Crippen LogP contribution in [0.15, 0.2) is 41.5 Å². The van der Waals surface area contributed by atoms with Gasteiger partial charge in [0.15, 0.2) is 5.52 Å². The molecule has 0 aliphatic carbocycles. The highest BCUT2D eigenvalue weighted by Gasteiger charge is 2.25. The minimum atomic E-state index is -0.184. The fourth-order valence-corrected chi connectivity index (χ4v) is 2.95. The van der Waals surface area contributed by atoms with Gasteiger partial charge >= 0.3 is 0 Å². The molecule has 0 radical (unpaired) electrons. The van der Waals surface area contributed by atoms with Crippen molar-refractivity contribution in [3.63, 3.8) is 0 Å². The second-order valence-electron chi connectivity index (χ2n) is 5.38. The van der Waals surface area contributed by atoms with E-state index in [2.05, 4.69) is 15.0 Å². The Morgan fingerprint density at radius 1 is 1.32 bits per heavy atom. The highest BCUT2D eigenvalue weighted by atomic mass is 16.3. The number of hydrogen-bond acceptors (Lipinski definition) is 5. The molecule has 1 N–H and O–H groups in total. The Labute approximate surface area is 126 Å². The van der Waals surface area contributed by atoms with E-state index in [0.29, 0.717) is 17.5 Å². The lowest BCUT2D eigenvalue weighted by Gasteiger charge is -2.11. The van der Waals surface area contributed by atoms with Crippen LogP contribution in [0, 0.1) is 0 Å². The summed E-state index contributed by atoms with van der Waals surface area (Å²) in [6.07, 6.45) is 4.80. The van der Waals surface area contributed by atoms with Crippen LogP contribution in [0.25, 0.3) is 22.3 Å². The summed E-state index contributed by atoms with van der Waals surface area (Å²) in [7, 11) is 0. The summed E-state index contributed by atoms with van der Waals surface area (Å²) in [5.41, 5.74) is 2.38. The summed E-state index contributed by atoms with van der Waals surface area (Å²) in [5.74, 6) is 0.719. The fraction of sp³-hybridized carbons (Fsp3) is 0.250. The summed E-state index contributed by atoms with van der Waals surface area (Å²) >= 11 is 0. The molecule has 1 aliphatic rings. The lowest BCUT2D eigenvalue weighted by atomic mass is 10.2. The zero-order valence-electron chi connectivity index (χ0n) is 11.8. The van der Waals surface area contributed by atoms with Crippen molar-refractivity contribution in [2.45, 2.75) is 18.9 Å². The van der Waals surface area contributed by atoms with Crippen molar-refractivity contribution in [3.8, 4) is 11.3 Å². The molecular formula is C16H14N4O2. The Bertz CT molecular complexity index is 905. The van der Waals surface area contributed by atoms with Crippen molar-refractivity contribution in [1.29, 1.82) is 0 Å². The second-order valence-corrected chi connectivity index (χ2v) is 5.38. The zero-order valence-corrected chi connectivity index (χ0v) is 11.8. The number of aliphatic hydroxyl groups is 1. The maximum atomic E-state index is 12.6. The Hall–Kier alpha value is -2.60. The van der Waals surface area contributed by atoms with Crippen LogP contribution >= 0.6 is 0 Å². The van der Waals surface area contributed by atoms with Crippen LogP contribution in [0.1, 0.15) is 18.3 Å². The lowest BCUT2D eigenvalue weighted by molar-refractivity contribution is 0.231. The second kappa shape index (κ2) is 4.99. The predicted molar refractivity (Wildman–Crippen MR) is 81.5 cm³/mol. The molecule has 6 nitrogen and oxygen atoms in total. The quantitative estimate of drug-likeness (QED) is 0.771. The number of nitrogens with zero attached hydrogens (tertiary/aromatic N) is 4. The predicted octanol–water partition coefficient (Wildman–Crippen LogP) is 1.33. The van der Waals surface area contributed by atoms with E-state index in [1.54, 1.807) is 17.0 Å². The first-order valence-corrected chi connectivity index (χ1v) is 7.21. The van der Waals surface area contributed by atoms with Crippen LogP contribution in [-0.2, 0) is 6.42 Å². The van der Waals surface area contributed by atoms with E-state index in [-0.39, 0.29) is 18.2 Å². The molecule has 3 aromatic heterocycles. The normalized spacial score (nSPS) is 16.9. The Morgan fingerprint density at radius 2 is 2.23 bits per heavy atom. The van der Waals surface area contributed by atoms with Gasteiger partial charge in [0.2, 0.25) is 0 Å². The van der Waals surface area contributed by atoms with Crippen LogP contribution < -0.4 is 5.56 Å². The summed E-state index contributed by atoms with van der Waals surface area (Å²) in [4.78, 5) is 25.7. The number of aromatic nitrogens is 4. The van der Waals surface area contributed by atoms with Gasteiger partial charge in [-0.2, -0.15) is 0 Å². The number of aliphatic hydroxyl groups excluding tert-OH is 1. The minimum absolute atomic E-state index is 0.0495. The molecule has 0 saturated heterocycles. The van der Waals surface area contributed by atoms with Crippen molar-refractivity contribution < 1.29 is 5.11 Å². The lowest BCUT2D eigenvalue weighted by Crippen LogP contribution is -2.26. The van der Waals surface area contributed by atoms with Gasteiger partial charge in [-0.1, -0.05) is 6.07 Å². The van der Waals surface area contributed by atoms with Gasteiger partial charge in [-0.3, -0.25) is 14.3 Å². The molecule has 1 atom stereocenters. The first-order chi connectivity index (χ1) is 10.8. The molecule has 0 saturated carbocycles. The molecule has 0 aromatic carbocycles. The topological polar surface area (TPSA) is 80.9 Å². The number of rotatable bonds is 2. The molecule has 4 heterocycles. The molecule has 4 rings (SSSR count). The molecule has 3 aromatic rings. The number of fused-ring (bicyclic) bond motifs is 2. The van der Waals surface area contributed by atoms with Crippen molar-refractivity contribution in [1.82, 2.24) is 19.5 Å². The van der Waals surface area contributed by atoms with Crippen LogP contribution in [0.2, 0.25) is 0 Å². The standard InChI is InChI=1S/C16H14N4O2/c21-9-11-4-5-14-19-13-7-10(12-3-1-2-6-17-12)8-18-15(13)16(22)20(11)14/h1-3,6-8,11,21H,4-5,9H2. The van der Waals surface area contributed by atoms with Crippen LogP contribution in [0.3, 0.4) is 0 Å². The molecular weight excluding hydrogens is 280 g/mol. The van der Waals surface area contributed by atoms with Crippen molar-refractivity contribution in [2.75, 3.05) is 6.61 Å². The van der Waals surface area contributed by atoms with Crippen LogP contribution in [0.5, 0.6) is 0 Å². The first-order valence-electron chi connectivity index (χ1n) is 7.21. The molecule has 1 unspecified atom stereocenters. The van der Waals surface area contributed by atoms with Crippen molar-refractivity contribution in [3.05, 3.63) is 52.8 Å². The van der Waals surface area contributed by atoms with Crippen molar-refractivity contribution >= 4 is 11.0 Å². The van der Waals surface area contributed by atoms with E-state index in [1.807, 2.05) is 24.3 Å². The van der Waals surface area contributed by atoms with E-state index in [4.69, 9.17) is 0 Å². The average molecular weight is 294 g/mol. The maximum absolute atomic E-state index is 12.6. The van der Waals surface area contributed by atoms with Gasteiger partial charge in [-0.25, -0.2) is 9.97 Å². The molecule has 1 aliphatic heterocycles. The molecule has 0 spiro atoms. The third-order valence-corrected chi connectivity index (χ3v) is 4.05. The Balaban J connectivity index is 1.93. The SMILES string of the molecule is O=c1c2ncc(-c3ccccn3)cc2nc2n1C(CO)CC2. The van der Waals surface area contributed by atoms with E-state index in [0.717, 1.165) is 23.5 Å². The average Bonchev–Trinajstić information content (AvgIpc) is 2.98. The molecule has 0 bridgehead atoms. The van der Waals surface area contributed by atoms with Crippen LogP contribution in [0.4, 0.5) is 0 Å². The minimum Gasteiger partial charge on any atom is -0.394 e. The molecule has 0 fully saturated rings. The van der Waals surface area contributed by atoms with Gasteiger partial charge in [-0.15, -0.1) is 0 Å².